The third-order valence-electron chi connectivity index (χ3n) is 4.65. The molecule has 0 spiro atoms. The Kier molecular flexibility index (Phi) is 5.57. The van der Waals surface area contributed by atoms with Crippen molar-refractivity contribution in [1.82, 2.24) is 0 Å². The van der Waals surface area contributed by atoms with E-state index < -0.39 is 11.9 Å². The van der Waals surface area contributed by atoms with Gasteiger partial charge in [-0.2, -0.15) is 5.26 Å². The summed E-state index contributed by atoms with van der Waals surface area (Å²) in [6.45, 7) is 1.78. The summed E-state index contributed by atoms with van der Waals surface area (Å²) in [6.07, 6.45) is 0. The van der Waals surface area contributed by atoms with E-state index in [1.165, 1.54) is 39.8 Å². The van der Waals surface area contributed by atoms with E-state index in [4.69, 9.17) is 29.4 Å². The van der Waals surface area contributed by atoms with Crippen LogP contribution in [0.1, 0.15) is 31.6 Å². The zero-order valence-corrected chi connectivity index (χ0v) is 17.4. The topological polar surface area (TPSA) is 113 Å². The maximum atomic E-state index is 12.3. The molecule has 0 unspecified atom stereocenters. The quantitative estimate of drug-likeness (QED) is 0.740. The third kappa shape index (κ3) is 3.21. The van der Waals surface area contributed by atoms with Crippen LogP contribution in [0.3, 0.4) is 0 Å². The van der Waals surface area contributed by atoms with E-state index >= 15 is 0 Å². The Hall–Kier alpha value is -3.38. The van der Waals surface area contributed by atoms with Gasteiger partial charge < -0.3 is 29.4 Å². The number of hydrogen-bond acceptors (Lipinski definition) is 9. The normalized spacial score (nSPS) is 15.1. The van der Waals surface area contributed by atoms with Crippen LogP contribution in [0.4, 0.5) is 0 Å². The Balaban J connectivity index is 2.33. The highest BCUT2D eigenvalue weighted by Gasteiger charge is 2.38. The van der Waals surface area contributed by atoms with Crippen LogP contribution in [0, 0.1) is 18.3 Å². The van der Waals surface area contributed by atoms with Gasteiger partial charge in [-0.3, -0.25) is 0 Å². The summed E-state index contributed by atoms with van der Waals surface area (Å²) in [5.74, 6) is 0.489. The second-order valence-electron chi connectivity index (χ2n) is 6.09. The fourth-order valence-corrected chi connectivity index (χ4v) is 4.52. The van der Waals surface area contributed by atoms with Crippen molar-refractivity contribution in [3.8, 4) is 29.1 Å². The number of allylic oxidation sites excluding steroid dienone is 1. The number of nitrogens with two attached hydrogens (primary N) is 1. The monoisotopic (exact) mass is 416 g/mol. The van der Waals surface area contributed by atoms with Crippen LogP contribution >= 0.6 is 11.3 Å². The molecular formula is C20H20N2O6S. The molecule has 8 nitrogen and oxygen atoms in total. The molecule has 1 atom stereocenters. The highest BCUT2D eigenvalue weighted by molar-refractivity contribution is 7.12. The van der Waals surface area contributed by atoms with Gasteiger partial charge in [0.25, 0.3) is 0 Å². The van der Waals surface area contributed by atoms with Gasteiger partial charge in [-0.1, -0.05) is 0 Å². The molecule has 2 heterocycles. The van der Waals surface area contributed by atoms with Gasteiger partial charge in [-0.05, 0) is 13.0 Å². The lowest BCUT2D eigenvalue weighted by Gasteiger charge is -2.26. The summed E-state index contributed by atoms with van der Waals surface area (Å²) in [5.41, 5.74) is 7.19. The molecule has 9 heteroatoms. The van der Waals surface area contributed by atoms with Crippen molar-refractivity contribution in [2.24, 2.45) is 5.73 Å². The molecule has 0 aliphatic carbocycles. The Labute approximate surface area is 172 Å². The lowest BCUT2D eigenvalue weighted by Crippen LogP contribution is -2.21. The van der Waals surface area contributed by atoms with E-state index in [1.54, 1.807) is 19.1 Å². The van der Waals surface area contributed by atoms with Gasteiger partial charge in [0, 0.05) is 16.5 Å². The van der Waals surface area contributed by atoms with Crippen molar-refractivity contribution in [3.63, 3.8) is 0 Å². The number of thiophene rings is 1. The number of rotatable bonds is 5. The molecule has 2 N–H and O–H groups in total. The lowest BCUT2D eigenvalue weighted by atomic mass is 9.87. The predicted molar refractivity (Wildman–Crippen MR) is 106 cm³/mol. The third-order valence-corrected chi connectivity index (χ3v) is 5.80. The highest BCUT2D eigenvalue weighted by atomic mass is 32.1. The summed E-state index contributed by atoms with van der Waals surface area (Å²) >= 11 is 1.33. The maximum absolute atomic E-state index is 12.3. The zero-order valence-electron chi connectivity index (χ0n) is 16.6. The van der Waals surface area contributed by atoms with Crippen LogP contribution in [0.2, 0.25) is 0 Å². The molecule has 152 valence electrons. The first-order chi connectivity index (χ1) is 13.9. The van der Waals surface area contributed by atoms with Gasteiger partial charge in [0.2, 0.25) is 5.88 Å². The molecule has 0 bridgehead atoms. The molecule has 1 aliphatic rings. The Morgan fingerprint density at radius 3 is 2.31 bits per heavy atom. The number of hydrogen-bond donors (Lipinski definition) is 1. The van der Waals surface area contributed by atoms with Gasteiger partial charge >= 0.3 is 5.97 Å². The number of methoxy groups -OCH3 is 4. The Morgan fingerprint density at radius 2 is 1.76 bits per heavy atom. The van der Waals surface area contributed by atoms with E-state index in [1.807, 2.05) is 0 Å². The fourth-order valence-electron chi connectivity index (χ4n) is 3.31. The minimum absolute atomic E-state index is 0.0789. The molecule has 1 aromatic heterocycles. The smallest absolute Gasteiger partial charge is 0.342 e. The average Bonchev–Trinajstić information content (AvgIpc) is 3.06. The number of aryl methyl sites for hydroxylation is 1. The van der Waals surface area contributed by atoms with Crippen LogP contribution in [0.15, 0.2) is 23.6 Å². The largest absolute Gasteiger partial charge is 0.496 e. The fraction of sp³-hybridized carbons (Fsp3) is 0.300. The molecule has 1 aliphatic heterocycles. The van der Waals surface area contributed by atoms with Crippen molar-refractivity contribution in [2.75, 3.05) is 28.4 Å². The maximum Gasteiger partial charge on any atom is 0.342 e. The Bertz CT molecular complexity index is 1050. The van der Waals surface area contributed by atoms with Crippen molar-refractivity contribution in [3.05, 3.63) is 44.5 Å². The van der Waals surface area contributed by atoms with Gasteiger partial charge in [-0.25, -0.2) is 4.79 Å². The highest BCUT2D eigenvalue weighted by Crippen LogP contribution is 2.52. The van der Waals surface area contributed by atoms with Crippen LogP contribution in [0.5, 0.6) is 23.0 Å². The van der Waals surface area contributed by atoms with Gasteiger partial charge in [-0.15, -0.1) is 11.3 Å². The molecule has 2 aromatic rings. The van der Waals surface area contributed by atoms with Crippen LogP contribution in [-0.2, 0) is 4.74 Å². The second-order valence-corrected chi connectivity index (χ2v) is 7.35. The number of fused-ring (bicyclic) bond motifs is 1. The molecule has 3 rings (SSSR count). The minimum Gasteiger partial charge on any atom is -0.496 e. The standard InChI is InChI=1S/C20H20N2O6S/c1-9-15(20(23)27-5)17-18(29-9)16(11(8-21)19(22)28-17)10-6-13(25-3)14(26-4)7-12(10)24-2/h6-7,16H,22H2,1-5H3/t16-/m0/s1. The molecule has 1 aromatic carbocycles. The molecule has 0 saturated heterocycles. The number of ether oxygens (including phenoxy) is 5. The minimum atomic E-state index is -0.611. The number of benzene rings is 1. The van der Waals surface area contributed by atoms with Gasteiger partial charge in [0.15, 0.2) is 17.2 Å². The van der Waals surface area contributed by atoms with Gasteiger partial charge in [0.1, 0.15) is 23.0 Å². The Morgan fingerprint density at radius 1 is 1.14 bits per heavy atom. The summed E-state index contributed by atoms with van der Waals surface area (Å²) < 4.78 is 26.9. The average molecular weight is 416 g/mol. The number of carbonyl (C=O) groups excluding carboxylic acids is 1. The number of nitrogens with zero attached hydrogens (tertiary/aromatic N) is 1. The van der Waals surface area contributed by atoms with E-state index in [0.717, 1.165) is 0 Å². The summed E-state index contributed by atoms with van der Waals surface area (Å²) in [4.78, 5) is 13.6. The van der Waals surface area contributed by atoms with Crippen molar-refractivity contribution < 1.29 is 28.5 Å². The molecule has 0 radical (unpaired) electrons. The molecule has 0 saturated carbocycles. The van der Waals surface area contributed by atoms with Crippen molar-refractivity contribution in [1.29, 1.82) is 5.26 Å². The summed E-state index contributed by atoms with van der Waals surface area (Å²) in [6, 6.07) is 5.53. The van der Waals surface area contributed by atoms with E-state index in [2.05, 4.69) is 6.07 Å². The number of carbonyl (C=O) groups is 1. The SMILES string of the molecule is COC(=O)c1c(C)sc2c1OC(N)=C(C#N)[C@@H]2c1cc(OC)c(OC)cc1OC. The molecule has 0 amide bonds. The van der Waals surface area contributed by atoms with Crippen LogP contribution in [0.25, 0.3) is 0 Å². The number of esters is 1. The molecular weight excluding hydrogens is 396 g/mol. The molecule has 29 heavy (non-hydrogen) atoms. The summed E-state index contributed by atoms with van der Waals surface area (Å²) in [7, 11) is 5.85. The number of nitriles is 1. The second kappa shape index (κ2) is 7.93. The van der Waals surface area contributed by atoms with Crippen LogP contribution < -0.4 is 24.7 Å². The lowest BCUT2D eigenvalue weighted by molar-refractivity contribution is 0.0597. The predicted octanol–water partition coefficient (Wildman–Crippen LogP) is 3.09. The molecule has 0 fully saturated rings. The summed E-state index contributed by atoms with van der Waals surface area (Å²) in [5, 5.41) is 9.79. The van der Waals surface area contributed by atoms with E-state index in [-0.39, 0.29) is 22.8 Å². The first-order valence-corrected chi connectivity index (χ1v) is 9.32. The van der Waals surface area contributed by atoms with Gasteiger partial charge in [0.05, 0.1) is 39.2 Å². The zero-order chi connectivity index (χ0) is 21.3. The van der Waals surface area contributed by atoms with E-state index in [9.17, 15) is 10.1 Å². The van der Waals surface area contributed by atoms with E-state index in [0.29, 0.717) is 32.6 Å². The first-order valence-electron chi connectivity index (χ1n) is 8.50. The van der Waals surface area contributed by atoms with Crippen LogP contribution in [-0.4, -0.2) is 34.4 Å². The van der Waals surface area contributed by atoms with Crippen molar-refractivity contribution in [2.45, 2.75) is 12.8 Å². The van der Waals surface area contributed by atoms with Crippen molar-refractivity contribution >= 4 is 17.3 Å². The first kappa shape index (κ1) is 20.4.